The molecule has 204 valence electrons. The first-order valence-corrected chi connectivity index (χ1v) is 12.4. The van der Waals surface area contributed by atoms with E-state index in [1.807, 2.05) is 56.3 Å². The quantitative estimate of drug-likeness (QED) is 0.210. The number of amides is 2. The number of aliphatic hydroxyl groups is 1. The Morgan fingerprint density at radius 1 is 1.05 bits per heavy atom. The van der Waals surface area contributed by atoms with Gasteiger partial charge in [-0.05, 0) is 39.1 Å². The summed E-state index contributed by atoms with van der Waals surface area (Å²) in [6, 6.07) is 13.6. The van der Waals surface area contributed by atoms with Crippen LogP contribution in [-0.2, 0) is 4.79 Å². The molecule has 2 aromatic carbocycles. The summed E-state index contributed by atoms with van der Waals surface area (Å²) in [4.78, 5) is 33.1. The van der Waals surface area contributed by atoms with Crippen LogP contribution in [0.15, 0.2) is 42.5 Å². The van der Waals surface area contributed by atoms with E-state index in [1.165, 1.54) is 13.8 Å². The zero-order valence-corrected chi connectivity index (χ0v) is 22.6. The summed E-state index contributed by atoms with van der Waals surface area (Å²) in [7, 11) is 0. The third-order valence-corrected chi connectivity index (χ3v) is 6.08. The Kier molecular flexibility index (Phi) is 8.97. The molecule has 0 radical (unpaired) electrons. The number of hydrogen-bond donors (Lipinski definition) is 6. The van der Waals surface area contributed by atoms with Crippen molar-refractivity contribution < 1.29 is 19.4 Å². The van der Waals surface area contributed by atoms with E-state index in [0.29, 0.717) is 5.75 Å². The number of aliphatic hydroxyl groups excluding tert-OH is 1. The maximum Gasteiger partial charge on any atom is 0.274 e. The number of aromatic nitrogens is 2. The van der Waals surface area contributed by atoms with Crippen molar-refractivity contribution in [1.29, 1.82) is 0 Å². The van der Waals surface area contributed by atoms with Crippen LogP contribution in [0.5, 0.6) is 5.75 Å². The number of benzene rings is 2. The van der Waals surface area contributed by atoms with Crippen LogP contribution < -0.4 is 32.2 Å². The lowest BCUT2D eigenvalue weighted by atomic mass is 10.0. The summed E-state index contributed by atoms with van der Waals surface area (Å²) < 4.78 is 5.85. The molecule has 1 atom stereocenters. The number of nitrogens with two attached hydrogens (primary N) is 2. The highest BCUT2D eigenvalue weighted by Crippen LogP contribution is 2.25. The van der Waals surface area contributed by atoms with Crippen molar-refractivity contribution in [2.75, 3.05) is 31.2 Å². The van der Waals surface area contributed by atoms with Gasteiger partial charge in [0.25, 0.3) is 5.91 Å². The van der Waals surface area contributed by atoms with E-state index in [4.69, 9.17) is 27.8 Å². The molecule has 0 aliphatic carbocycles. The van der Waals surface area contributed by atoms with E-state index in [0.717, 1.165) is 10.8 Å². The van der Waals surface area contributed by atoms with Crippen molar-refractivity contribution in [3.63, 3.8) is 0 Å². The third kappa shape index (κ3) is 7.44. The van der Waals surface area contributed by atoms with Crippen LogP contribution in [0.4, 0.5) is 11.6 Å². The molecule has 1 unspecified atom stereocenters. The Bertz CT molecular complexity index is 1310. The lowest BCUT2D eigenvalue weighted by Crippen LogP contribution is -2.59. The van der Waals surface area contributed by atoms with Crippen LogP contribution in [0, 0.1) is 0 Å². The number of hydrogen-bond acceptors (Lipinski definition) is 9. The molecule has 0 fully saturated rings. The SMILES string of the molecule is CC(C)(CNC(=O)C(C)(C)NC(=O)c1nc(Cl)c(N)nc1N)NCC(O)COc1cccc2ccccc12. The molecule has 2 amide bonds. The molecule has 38 heavy (non-hydrogen) atoms. The van der Waals surface area contributed by atoms with Gasteiger partial charge in [-0.1, -0.05) is 48.0 Å². The number of carbonyl (C=O) groups is 2. The number of carbonyl (C=O) groups excluding carboxylic acids is 2. The van der Waals surface area contributed by atoms with Crippen LogP contribution in [0.1, 0.15) is 38.2 Å². The predicted molar refractivity (Wildman–Crippen MR) is 148 cm³/mol. The van der Waals surface area contributed by atoms with Gasteiger partial charge in [-0.25, -0.2) is 9.97 Å². The molecular weight excluding hydrogens is 510 g/mol. The average molecular weight is 544 g/mol. The molecule has 0 aliphatic heterocycles. The summed E-state index contributed by atoms with van der Waals surface area (Å²) in [5.41, 5.74) is 9.16. The minimum atomic E-state index is -1.30. The van der Waals surface area contributed by atoms with Crippen molar-refractivity contribution in [2.24, 2.45) is 0 Å². The standard InChI is InChI=1S/C26H34ClN7O4/c1-25(2,31-12-16(35)13-38-18-11-7-9-15-8-5-6-10-17(15)18)14-30-24(37)26(3,4)34-23(36)19-21(28)33-22(29)20(27)32-19/h5-11,16,31,35H,12-14H2,1-4H3,(H,30,37)(H,34,36)(H4,28,29,33). The average Bonchev–Trinajstić information content (AvgIpc) is 2.86. The number of nitrogens with zero attached hydrogens (tertiary/aromatic N) is 2. The Morgan fingerprint density at radius 2 is 1.74 bits per heavy atom. The van der Waals surface area contributed by atoms with Gasteiger partial charge in [0.15, 0.2) is 22.5 Å². The molecule has 3 aromatic rings. The molecular formula is C26H34ClN7O4. The van der Waals surface area contributed by atoms with Crippen molar-refractivity contribution >= 4 is 45.8 Å². The number of nitrogen functional groups attached to an aromatic ring is 2. The first kappa shape index (κ1) is 28.9. The zero-order chi connectivity index (χ0) is 28.1. The molecule has 1 aromatic heterocycles. The fraction of sp³-hybridized carbons (Fsp3) is 0.385. The lowest BCUT2D eigenvalue weighted by molar-refractivity contribution is -0.126. The number of nitrogens with one attached hydrogen (secondary N) is 3. The number of rotatable bonds is 11. The van der Waals surface area contributed by atoms with Crippen molar-refractivity contribution in [3.8, 4) is 5.75 Å². The molecule has 0 aliphatic rings. The first-order valence-electron chi connectivity index (χ1n) is 12.0. The number of fused-ring (bicyclic) bond motifs is 1. The van der Waals surface area contributed by atoms with Gasteiger partial charge in [0.2, 0.25) is 5.91 Å². The molecule has 0 bridgehead atoms. The highest BCUT2D eigenvalue weighted by atomic mass is 35.5. The van der Waals surface area contributed by atoms with Gasteiger partial charge in [0.1, 0.15) is 24.0 Å². The summed E-state index contributed by atoms with van der Waals surface area (Å²) in [5, 5.41) is 21.0. The number of halogens is 1. The van der Waals surface area contributed by atoms with Crippen molar-refractivity contribution in [2.45, 2.75) is 44.9 Å². The van der Waals surface area contributed by atoms with Gasteiger partial charge in [-0.15, -0.1) is 0 Å². The van der Waals surface area contributed by atoms with E-state index in [-0.39, 0.29) is 42.2 Å². The Balaban J connectivity index is 1.48. The molecule has 0 saturated carbocycles. The third-order valence-electron chi connectivity index (χ3n) is 5.80. The molecule has 12 heteroatoms. The van der Waals surface area contributed by atoms with E-state index < -0.39 is 29.0 Å². The van der Waals surface area contributed by atoms with Gasteiger partial charge in [0, 0.05) is 24.0 Å². The minimum Gasteiger partial charge on any atom is -0.490 e. The van der Waals surface area contributed by atoms with Gasteiger partial charge in [-0.3, -0.25) is 9.59 Å². The molecule has 3 rings (SSSR count). The van der Waals surface area contributed by atoms with Crippen molar-refractivity contribution in [3.05, 3.63) is 53.3 Å². The van der Waals surface area contributed by atoms with Crippen LogP contribution >= 0.6 is 11.6 Å². The number of anilines is 2. The smallest absolute Gasteiger partial charge is 0.274 e. The van der Waals surface area contributed by atoms with E-state index in [9.17, 15) is 14.7 Å². The maximum absolute atomic E-state index is 12.9. The highest BCUT2D eigenvalue weighted by Gasteiger charge is 2.32. The Hall–Kier alpha value is -3.67. The fourth-order valence-corrected chi connectivity index (χ4v) is 3.68. The molecule has 0 spiro atoms. The second kappa shape index (κ2) is 11.8. The number of β-amino-alcohol motifs (C(OH)–C–C–N with tert-alkyl or cyclic N) is 1. The maximum atomic E-state index is 12.9. The number of ether oxygens (including phenoxy) is 1. The van der Waals surface area contributed by atoms with Crippen LogP contribution in [-0.4, -0.2) is 63.8 Å². The van der Waals surface area contributed by atoms with Crippen LogP contribution in [0.2, 0.25) is 5.15 Å². The van der Waals surface area contributed by atoms with E-state index >= 15 is 0 Å². The summed E-state index contributed by atoms with van der Waals surface area (Å²) in [6.07, 6.45) is -0.780. The molecule has 1 heterocycles. The minimum absolute atomic E-state index is 0.0994. The molecule has 11 nitrogen and oxygen atoms in total. The van der Waals surface area contributed by atoms with E-state index in [2.05, 4.69) is 25.9 Å². The van der Waals surface area contributed by atoms with Gasteiger partial charge < -0.3 is 37.3 Å². The predicted octanol–water partition coefficient (Wildman–Crippen LogP) is 1.88. The van der Waals surface area contributed by atoms with E-state index in [1.54, 1.807) is 0 Å². The van der Waals surface area contributed by atoms with Crippen LogP contribution in [0.25, 0.3) is 10.8 Å². The second-order valence-electron chi connectivity index (χ2n) is 10.1. The summed E-state index contributed by atoms with van der Waals surface area (Å²) in [5.74, 6) is -0.754. The zero-order valence-electron chi connectivity index (χ0n) is 21.8. The Morgan fingerprint density at radius 3 is 2.47 bits per heavy atom. The van der Waals surface area contributed by atoms with Gasteiger partial charge in [-0.2, -0.15) is 0 Å². The molecule has 8 N–H and O–H groups in total. The lowest BCUT2D eigenvalue weighted by Gasteiger charge is -2.31. The highest BCUT2D eigenvalue weighted by molar-refractivity contribution is 6.31. The normalized spacial score (nSPS) is 12.7. The largest absolute Gasteiger partial charge is 0.490 e. The Labute approximate surface area is 226 Å². The first-order chi connectivity index (χ1) is 17.8. The topological polar surface area (TPSA) is 178 Å². The van der Waals surface area contributed by atoms with Crippen molar-refractivity contribution in [1.82, 2.24) is 25.9 Å². The van der Waals surface area contributed by atoms with Crippen LogP contribution in [0.3, 0.4) is 0 Å². The summed E-state index contributed by atoms with van der Waals surface area (Å²) >= 11 is 5.84. The second-order valence-corrected chi connectivity index (χ2v) is 10.5. The van der Waals surface area contributed by atoms with Gasteiger partial charge >= 0.3 is 0 Å². The van der Waals surface area contributed by atoms with Gasteiger partial charge in [0.05, 0.1) is 0 Å². The summed E-state index contributed by atoms with van der Waals surface area (Å²) in [6.45, 7) is 7.40. The molecule has 0 saturated heterocycles. The monoisotopic (exact) mass is 543 g/mol. The fourth-order valence-electron chi connectivity index (χ4n) is 3.55.